The van der Waals surface area contributed by atoms with E-state index in [0.29, 0.717) is 23.0 Å². The second-order valence-electron chi connectivity index (χ2n) is 4.89. The number of aromatic nitrogens is 1. The minimum Gasteiger partial charge on any atom is -1.00 e. The number of carbonyl (C=O) groups is 1. The van der Waals surface area contributed by atoms with Crippen LogP contribution in [0.4, 0.5) is 0 Å². The monoisotopic (exact) mass is 353 g/mol. The lowest BCUT2D eigenvalue weighted by molar-refractivity contribution is -0.683. The number of Topliss-reactive ketones (excluding diaryl/α,β-unsaturated/α-hetero) is 1. The van der Waals surface area contributed by atoms with Crippen molar-refractivity contribution in [2.45, 2.75) is 26.3 Å². The summed E-state index contributed by atoms with van der Waals surface area (Å²) in [5, 5.41) is 0.644. The van der Waals surface area contributed by atoms with E-state index in [0.717, 1.165) is 0 Å². The van der Waals surface area contributed by atoms with Gasteiger partial charge in [-0.2, -0.15) is 4.57 Å². The summed E-state index contributed by atoms with van der Waals surface area (Å²) in [6.07, 6.45) is 3.90. The van der Waals surface area contributed by atoms with Gasteiger partial charge in [-0.3, -0.25) is 4.79 Å². The fourth-order valence-corrected chi connectivity index (χ4v) is 1.98. The number of benzene rings is 1. The van der Waals surface area contributed by atoms with Crippen LogP contribution in [0.5, 0.6) is 0 Å². The third-order valence-electron chi connectivity index (χ3n) is 3.08. The smallest absolute Gasteiger partial charge is 0.227 e. The molecule has 1 aromatic heterocycles. The van der Waals surface area contributed by atoms with E-state index in [2.05, 4.69) is 26.0 Å². The molecule has 0 unspecified atom stereocenters. The molecule has 0 aliphatic rings. The Morgan fingerprint density at radius 2 is 1.65 bits per heavy atom. The molecule has 1 heterocycles. The number of carbonyl (C=O) groups excluding carboxylic acids is 1. The van der Waals surface area contributed by atoms with Crippen LogP contribution in [0.3, 0.4) is 0 Å². The third kappa shape index (κ3) is 4.43. The average molecular weight is 355 g/mol. The van der Waals surface area contributed by atoms with E-state index in [1.807, 2.05) is 17.0 Å². The van der Waals surface area contributed by atoms with Gasteiger partial charge in [0.2, 0.25) is 12.3 Å². The Labute approximate surface area is 135 Å². The molecule has 1 aromatic carbocycles. The SMILES string of the molecule is CC(C)c1cc[n+](CC(=O)c2ccc(Cl)cc2)cc1.[Br-]. The first-order valence-corrected chi connectivity index (χ1v) is 6.72. The van der Waals surface area contributed by atoms with Crippen LogP contribution in [0.25, 0.3) is 0 Å². The van der Waals surface area contributed by atoms with E-state index in [9.17, 15) is 4.79 Å². The minimum atomic E-state index is 0. The molecule has 0 aliphatic heterocycles. The normalized spacial score (nSPS) is 10.2. The van der Waals surface area contributed by atoms with Gasteiger partial charge in [0.1, 0.15) is 0 Å². The maximum Gasteiger partial charge on any atom is 0.227 e. The lowest BCUT2D eigenvalue weighted by Crippen LogP contribution is -3.00. The van der Waals surface area contributed by atoms with Crippen molar-refractivity contribution in [3.63, 3.8) is 0 Å². The van der Waals surface area contributed by atoms with Crippen molar-refractivity contribution in [1.82, 2.24) is 0 Å². The van der Waals surface area contributed by atoms with Crippen LogP contribution < -0.4 is 21.5 Å². The fourth-order valence-electron chi connectivity index (χ4n) is 1.85. The molecular weight excluding hydrogens is 338 g/mol. The quantitative estimate of drug-likeness (QED) is 0.583. The molecule has 0 fully saturated rings. The van der Waals surface area contributed by atoms with E-state index in [1.165, 1.54) is 5.56 Å². The zero-order chi connectivity index (χ0) is 13.8. The van der Waals surface area contributed by atoms with Gasteiger partial charge in [0.05, 0.1) is 0 Å². The lowest BCUT2D eigenvalue weighted by Gasteiger charge is -2.03. The third-order valence-corrected chi connectivity index (χ3v) is 3.33. The predicted octanol–water partition coefficient (Wildman–Crippen LogP) is 0.638. The molecule has 0 aliphatic carbocycles. The van der Waals surface area contributed by atoms with Crippen molar-refractivity contribution < 1.29 is 26.3 Å². The van der Waals surface area contributed by atoms with Gasteiger partial charge in [-0.05, 0) is 35.7 Å². The van der Waals surface area contributed by atoms with Crippen molar-refractivity contribution in [1.29, 1.82) is 0 Å². The number of rotatable bonds is 4. The maximum absolute atomic E-state index is 12.1. The van der Waals surface area contributed by atoms with Crippen LogP contribution in [0.1, 0.15) is 35.7 Å². The van der Waals surface area contributed by atoms with Crippen LogP contribution in [0, 0.1) is 0 Å². The molecule has 0 saturated heterocycles. The summed E-state index contributed by atoms with van der Waals surface area (Å²) < 4.78 is 1.89. The van der Waals surface area contributed by atoms with Gasteiger partial charge in [0.15, 0.2) is 12.4 Å². The second kappa shape index (κ2) is 7.55. The molecule has 2 aromatic rings. The predicted molar refractivity (Wildman–Crippen MR) is 76.5 cm³/mol. The van der Waals surface area contributed by atoms with Gasteiger partial charge in [-0.1, -0.05) is 25.4 Å². The molecule has 106 valence electrons. The Kier molecular flexibility index (Phi) is 6.37. The largest absolute Gasteiger partial charge is 1.00 e. The van der Waals surface area contributed by atoms with Gasteiger partial charge in [-0.25, -0.2) is 0 Å². The van der Waals surface area contributed by atoms with E-state index in [4.69, 9.17) is 11.6 Å². The molecule has 0 spiro atoms. The van der Waals surface area contributed by atoms with E-state index < -0.39 is 0 Å². The molecule has 2 rings (SSSR count). The summed E-state index contributed by atoms with van der Waals surface area (Å²) in [5.41, 5.74) is 1.96. The molecule has 20 heavy (non-hydrogen) atoms. The highest BCUT2D eigenvalue weighted by molar-refractivity contribution is 6.30. The number of ketones is 1. The molecule has 0 N–H and O–H groups in total. The molecule has 0 atom stereocenters. The molecule has 0 bridgehead atoms. The Bertz CT molecular complexity index is 564. The topological polar surface area (TPSA) is 20.9 Å². The molecule has 0 radical (unpaired) electrons. The first-order valence-electron chi connectivity index (χ1n) is 6.34. The van der Waals surface area contributed by atoms with E-state index >= 15 is 0 Å². The van der Waals surface area contributed by atoms with Crippen LogP contribution in [0.2, 0.25) is 5.02 Å². The van der Waals surface area contributed by atoms with Crippen LogP contribution >= 0.6 is 11.6 Å². The van der Waals surface area contributed by atoms with Crippen molar-refractivity contribution in [2.24, 2.45) is 0 Å². The highest BCUT2D eigenvalue weighted by atomic mass is 79.9. The number of pyridine rings is 1. The van der Waals surface area contributed by atoms with Crippen LogP contribution in [0.15, 0.2) is 48.8 Å². The molecular formula is C16H17BrClNO. The van der Waals surface area contributed by atoms with Gasteiger partial charge in [0, 0.05) is 22.7 Å². The molecule has 0 amide bonds. The molecule has 4 heteroatoms. The highest BCUT2D eigenvalue weighted by Crippen LogP contribution is 2.12. The van der Waals surface area contributed by atoms with Crippen molar-refractivity contribution in [3.8, 4) is 0 Å². The van der Waals surface area contributed by atoms with Crippen LogP contribution in [-0.4, -0.2) is 5.78 Å². The zero-order valence-electron chi connectivity index (χ0n) is 11.5. The summed E-state index contributed by atoms with van der Waals surface area (Å²) >= 11 is 5.81. The fraction of sp³-hybridized carbons (Fsp3) is 0.250. The van der Waals surface area contributed by atoms with Crippen LogP contribution in [-0.2, 0) is 6.54 Å². The van der Waals surface area contributed by atoms with Gasteiger partial charge in [0.25, 0.3) is 0 Å². The summed E-state index contributed by atoms with van der Waals surface area (Å²) in [6.45, 7) is 4.65. The van der Waals surface area contributed by atoms with E-state index in [1.54, 1.807) is 24.3 Å². The summed E-state index contributed by atoms with van der Waals surface area (Å²) in [4.78, 5) is 12.1. The lowest BCUT2D eigenvalue weighted by atomic mass is 10.1. The van der Waals surface area contributed by atoms with Gasteiger partial charge >= 0.3 is 0 Å². The Morgan fingerprint density at radius 1 is 1.10 bits per heavy atom. The first kappa shape index (κ1) is 16.9. The van der Waals surface area contributed by atoms with Gasteiger partial charge in [-0.15, -0.1) is 0 Å². The number of halogens is 2. The second-order valence-corrected chi connectivity index (χ2v) is 5.33. The molecule has 0 saturated carbocycles. The summed E-state index contributed by atoms with van der Waals surface area (Å²) in [7, 11) is 0. The van der Waals surface area contributed by atoms with Crippen molar-refractivity contribution in [2.75, 3.05) is 0 Å². The van der Waals surface area contributed by atoms with Crippen molar-refractivity contribution in [3.05, 3.63) is 64.9 Å². The van der Waals surface area contributed by atoms with Crippen molar-refractivity contribution >= 4 is 17.4 Å². The Morgan fingerprint density at radius 3 is 2.15 bits per heavy atom. The van der Waals surface area contributed by atoms with E-state index in [-0.39, 0.29) is 22.8 Å². The summed E-state index contributed by atoms with van der Waals surface area (Å²) in [5.74, 6) is 0.584. The Balaban J connectivity index is 0.00000200. The number of hydrogen-bond acceptors (Lipinski definition) is 1. The summed E-state index contributed by atoms with van der Waals surface area (Å²) in [6, 6.07) is 11.1. The number of nitrogens with zero attached hydrogens (tertiary/aromatic N) is 1. The number of hydrogen-bond donors (Lipinski definition) is 0. The average Bonchev–Trinajstić information content (AvgIpc) is 2.40. The standard InChI is InChI=1S/C16H17ClNO.BrH/c1-12(2)13-7-9-18(10-8-13)11-16(19)14-3-5-15(17)6-4-14;/h3-10,12H,11H2,1-2H3;1H/q+1;/p-1. The first-order chi connectivity index (χ1) is 9.06. The highest BCUT2D eigenvalue weighted by Gasteiger charge is 2.12. The molecule has 2 nitrogen and oxygen atoms in total. The zero-order valence-corrected chi connectivity index (χ0v) is 13.9. The maximum atomic E-state index is 12.1. The van der Waals surface area contributed by atoms with Gasteiger partial charge < -0.3 is 17.0 Å². The minimum absolute atomic E-state index is 0. The Hall–Kier alpha value is -1.19.